The minimum atomic E-state index is -1.26. The number of aromatic nitrogens is 2. The second-order valence-electron chi connectivity index (χ2n) is 8.14. The van der Waals surface area contributed by atoms with E-state index in [2.05, 4.69) is 25.9 Å². The van der Waals surface area contributed by atoms with Crippen LogP contribution >= 0.6 is 0 Å². The molecule has 0 spiro atoms. The maximum Gasteiger partial charge on any atom is 0.326 e. The van der Waals surface area contributed by atoms with Crippen LogP contribution in [0.5, 0.6) is 0 Å². The molecule has 0 saturated heterocycles. The fourth-order valence-electron chi connectivity index (χ4n) is 2.91. The van der Waals surface area contributed by atoms with Crippen molar-refractivity contribution in [2.75, 3.05) is 0 Å². The second kappa shape index (κ2) is 13.2. The summed E-state index contributed by atoms with van der Waals surface area (Å²) in [4.78, 5) is 66.4. The molecule has 184 valence electrons. The lowest BCUT2D eigenvalue weighted by Crippen LogP contribution is -2.56. The predicted molar refractivity (Wildman–Crippen MR) is 116 cm³/mol. The Morgan fingerprint density at radius 1 is 1.00 bits per heavy atom. The van der Waals surface area contributed by atoms with Crippen molar-refractivity contribution in [3.63, 3.8) is 0 Å². The molecule has 0 fully saturated rings. The molecule has 0 radical (unpaired) electrons. The van der Waals surface area contributed by atoms with Crippen molar-refractivity contribution in [2.24, 2.45) is 11.7 Å². The lowest BCUT2D eigenvalue weighted by atomic mass is 10.0. The molecule has 33 heavy (non-hydrogen) atoms. The van der Waals surface area contributed by atoms with E-state index in [1.54, 1.807) is 13.8 Å². The Morgan fingerprint density at radius 2 is 1.64 bits per heavy atom. The van der Waals surface area contributed by atoms with Crippen LogP contribution < -0.4 is 21.7 Å². The third kappa shape index (κ3) is 10.1. The fourth-order valence-corrected chi connectivity index (χ4v) is 2.91. The Bertz CT molecular complexity index is 827. The number of carboxylic acids is 2. The number of imidazole rings is 1. The zero-order chi connectivity index (χ0) is 25.1. The third-order valence-electron chi connectivity index (χ3n) is 4.69. The number of carbonyl (C=O) groups is 5. The summed E-state index contributed by atoms with van der Waals surface area (Å²) in [7, 11) is 0. The van der Waals surface area contributed by atoms with Gasteiger partial charge in [-0.1, -0.05) is 13.8 Å². The fraction of sp³-hybridized carbons (Fsp3) is 0.600. The summed E-state index contributed by atoms with van der Waals surface area (Å²) in [5, 5.41) is 25.4. The van der Waals surface area contributed by atoms with Crippen LogP contribution in [0.1, 0.15) is 45.7 Å². The summed E-state index contributed by atoms with van der Waals surface area (Å²) in [5.74, 6) is -4.57. The van der Waals surface area contributed by atoms with Gasteiger partial charge in [-0.2, -0.15) is 0 Å². The highest BCUT2D eigenvalue weighted by Gasteiger charge is 2.29. The van der Waals surface area contributed by atoms with Crippen LogP contribution in [0.25, 0.3) is 0 Å². The molecule has 1 aromatic heterocycles. The molecule has 4 unspecified atom stereocenters. The van der Waals surface area contributed by atoms with Crippen molar-refractivity contribution < 1.29 is 34.2 Å². The zero-order valence-electron chi connectivity index (χ0n) is 18.8. The molecule has 1 rings (SSSR count). The van der Waals surface area contributed by atoms with Gasteiger partial charge in [-0.25, -0.2) is 9.78 Å². The van der Waals surface area contributed by atoms with Crippen molar-refractivity contribution in [1.82, 2.24) is 25.9 Å². The number of nitrogens with zero attached hydrogens (tertiary/aromatic N) is 1. The van der Waals surface area contributed by atoms with E-state index in [0.29, 0.717) is 5.69 Å². The molecule has 1 aromatic rings. The number of amides is 3. The molecule has 13 nitrogen and oxygen atoms in total. The van der Waals surface area contributed by atoms with Crippen LogP contribution in [0.2, 0.25) is 0 Å². The highest BCUT2D eigenvalue weighted by Crippen LogP contribution is 2.06. The van der Waals surface area contributed by atoms with E-state index in [0.717, 1.165) is 0 Å². The first-order valence-corrected chi connectivity index (χ1v) is 10.5. The van der Waals surface area contributed by atoms with Crippen molar-refractivity contribution in [1.29, 1.82) is 0 Å². The van der Waals surface area contributed by atoms with Gasteiger partial charge < -0.3 is 36.9 Å². The van der Waals surface area contributed by atoms with Gasteiger partial charge in [0, 0.05) is 24.7 Å². The van der Waals surface area contributed by atoms with E-state index in [4.69, 9.17) is 10.8 Å². The Labute approximate surface area is 190 Å². The Kier molecular flexibility index (Phi) is 11.0. The van der Waals surface area contributed by atoms with E-state index in [9.17, 15) is 29.1 Å². The van der Waals surface area contributed by atoms with E-state index in [-0.39, 0.29) is 25.2 Å². The second-order valence-corrected chi connectivity index (χ2v) is 8.14. The quantitative estimate of drug-likeness (QED) is 0.173. The molecule has 0 aliphatic rings. The summed E-state index contributed by atoms with van der Waals surface area (Å²) < 4.78 is 0. The number of H-pyrrole nitrogens is 1. The molecule has 13 heteroatoms. The van der Waals surface area contributed by atoms with Crippen molar-refractivity contribution in [3.05, 3.63) is 18.2 Å². The number of hydrogen-bond acceptors (Lipinski definition) is 7. The summed E-state index contributed by atoms with van der Waals surface area (Å²) in [6, 6.07) is -4.55. The first-order valence-electron chi connectivity index (χ1n) is 10.5. The molecule has 0 aliphatic carbocycles. The first-order chi connectivity index (χ1) is 15.4. The number of rotatable bonds is 14. The molecule has 0 saturated carbocycles. The van der Waals surface area contributed by atoms with Gasteiger partial charge in [0.05, 0.1) is 12.4 Å². The smallest absolute Gasteiger partial charge is 0.326 e. The molecule has 0 bridgehead atoms. The maximum atomic E-state index is 12.7. The standard InChI is InChI=1S/C20H32N6O7/c1-10(2)6-15(20(32)33)26-17(29)11(3)24-19(31)14(4-5-16(27)28)25-18(30)13(21)7-12-8-22-9-23-12/h8-11,13-15H,4-7,21H2,1-3H3,(H,22,23)(H,24,31)(H,25,30)(H,26,29)(H,27,28)(H,32,33). The summed E-state index contributed by atoms with van der Waals surface area (Å²) in [5.41, 5.74) is 6.46. The molecule has 0 aliphatic heterocycles. The van der Waals surface area contributed by atoms with Gasteiger partial charge in [0.1, 0.15) is 18.1 Å². The van der Waals surface area contributed by atoms with Gasteiger partial charge in [0.15, 0.2) is 0 Å². The molecular formula is C20H32N6O7. The van der Waals surface area contributed by atoms with Crippen LogP contribution in [-0.4, -0.2) is 74.0 Å². The largest absolute Gasteiger partial charge is 0.481 e. The van der Waals surface area contributed by atoms with E-state index < -0.39 is 60.2 Å². The van der Waals surface area contributed by atoms with E-state index in [1.165, 1.54) is 19.4 Å². The number of hydrogen-bond donors (Lipinski definition) is 7. The minimum absolute atomic E-state index is 0.0119. The molecule has 3 amide bonds. The number of nitrogens with one attached hydrogen (secondary N) is 4. The third-order valence-corrected chi connectivity index (χ3v) is 4.69. The normalized spacial score (nSPS) is 14.6. The van der Waals surface area contributed by atoms with Gasteiger partial charge in [0.25, 0.3) is 0 Å². The van der Waals surface area contributed by atoms with Crippen LogP contribution in [0.15, 0.2) is 12.5 Å². The van der Waals surface area contributed by atoms with Crippen molar-refractivity contribution in [2.45, 2.75) is 70.6 Å². The van der Waals surface area contributed by atoms with Crippen LogP contribution in [0.3, 0.4) is 0 Å². The number of nitrogens with two attached hydrogens (primary N) is 1. The molecule has 1 heterocycles. The minimum Gasteiger partial charge on any atom is -0.481 e. The monoisotopic (exact) mass is 468 g/mol. The van der Waals surface area contributed by atoms with Gasteiger partial charge in [0.2, 0.25) is 17.7 Å². The average molecular weight is 469 g/mol. The predicted octanol–water partition coefficient (Wildman–Crippen LogP) is -1.25. The Balaban J connectivity index is 2.77. The summed E-state index contributed by atoms with van der Waals surface area (Å²) >= 11 is 0. The molecule has 4 atom stereocenters. The van der Waals surface area contributed by atoms with Crippen LogP contribution in [-0.2, 0) is 30.4 Å². The SMILES string of the molecule is CC(C)CC(NC(=O)C(C)NC(=O)C(CCC(=O)O)NC(=O)C(N)Cc1cnc[nH]1)C(=O)O. The van der Waals surface area contributed by atoms with E-state index >= 15 is 0 Å². The number of carbonyl (C=O) groups excluding carboxylic acids is 3. The molecule has 0 aromatic carbocycles. The van der Waals surface area contributed by atoms with Gasteiger partial charge in [-0.15, -0.1) is 0 Å². The Morgan fingerprint density at radius 3 is 2.15 bits per heavy atom. The molecule has 8 N–H and O–H groups in total. The van der Waals surface area contributed by atoms with Crippen LogP contribution in [0.4, 0.5) is 0 Å². The van der Waals surface area contributed by atoms with E-state index in [1.807, 2.05) is 0 Å². The number of aliphatic carboxylic acids is 2. The van der Waals surface area contributed by atoms with Crippen LogP contribution in [0, 0.1) is 5.92 Å². The summed E-state index contributed by atoms with van der Waals surface area (Å²) in [6.07, 6.45) is 2.59. The Hall–Kier alpha value is -3.48. The highest BCUT2D eigenvalue weighted by atomic mass is 16.4. The number of aromatic amines is 1. The highest BCUT2D eigenvalue weighted by molar-refractivity contribution is 5.94. The van der Waals surface area contributed by atoms with Gasteiger partial charge in [-0.3, -0.25) is 19.2 Å². The van der Waals surface area contributed by atoms with Crippen molar-refractivity contribution >= 4 is 29.7 Å². The molecular weight excluding hydrogens is 436 g/mol. The first kappa shape index (κ1) is 27.6. The lowest BCUT2D eigenvalue weighted by Gasteiger charge is -2.23. The summed E-state index contributed by atoms with van der Waals surface area (Å²) in [6.45, 7) is 4.96. The lowest BCUT2D eigenvalue weighted by molar-refractivity contribution is -0.142. The average Bonchev–Trinajstić information content (AvgIpc) is 3.22. The maximum absolute atomic E-state index is 12.7. The van der Waals surface area contributed by atoms with Crippen molar-refractivity contribution in [3.8, 4) is 0 Å². The van der Waals surface area contributed by atoms with Gasteiger partial charge >= 0.3 is 11.9 Å². The number of carboxylic acid groups (broad SMARTS) is 2. The van der Waals surface area contributed by atoms with Gasteiger partial charge in [-0.05, 0) is 25.7 Å². The topological polar surface area (TPSA) is 217 Å². The zero-order valence-corrected chi connectivity index (χ0v) is 18.8.